The molecular formula is C13H16Cl2N4OS. The van der Waals surface area contributed by atoms with E-state index in [-0.39, 0.29) is 18.4 Å². The van der Waals surface area contributed by atoms with Gasteiger partial charge in [-0.15, -0.1) is 0 Å². The molecule has 1 aromatic carbocycles. The van der Waals surface area contributed by atoms with E-state index in [1.165, 1.54) is 0 Å². The molecular weight excluding hydrogens is 331 g/mol. The van der Waals surface area contributed by atoms with Crippen molar-refractivity contribution in [3.63, 3.8) is 0 Å². The lowest BCUT2D eigenvalue weighted by Crippen LogP contribution is -2.30. The van der Waals surface area contributed by atoms with Crippen molar-refractivity contribution in [2.45, 2.75) is 20.3 Å². The summed E-state index contributed by atoms with van der Waals surface area (Å²) in [6, 6.07) is 1.56. The number of hydrogen-bond acceptors (Lipinski definition) is 4. The van der Waals surface area contributed by atoms with Crippen molar-refractivity contribution in [1.29, 1.82) is 0 Å². The maximum absolute atomic E-state index is 12.4. The number of anilines is 1. The quantitative estimate of drug-likeness (QED) is 0.847. The fourth-order valence-electron chi connectivity index (χ4n) is 2.10. The van der Waals surface area contributed by atoms with E-state index >= 15 is 0 Å². The minimum absolute atomic E-state index is 0.162. The van der Waals surface area contributed by atoms with E-state index in [1.54, 1.807) is 6.07 Å². The molecule has 21 heavy (non-hydrogen) atoms. The molecule has 1 aliphatic rings. The first-order chi connectivity index (χ1) is 9.93. The summed E-state index contributed by atoms with van der Waals surface area (Å²) in [5.74, 6) is -0.0472. The van der Waals surface area contributed by atoms with Crippen molar-refractivity contribution in [3.05, 3.63) is 16.1 Å². The van der Waals surface area contributed by atoms with Crippen LogP contribution in [-0.2, 0) is 16.1 Å². The molecule has 0 saturated heterocycles. The van der Waals surface area contributed by atoms with Gasteiger partial charge >= 0.3 is 0 Å². The normalized spacial score (nSPS) is 14.0. The van der Waals surface area contributed by atoms with Crippen LogP contribution in [0.1, 0.15) is 20.3 Å². The van der Waals surface area contributed by atoms with E-state index in [0.29, 0.717) is 39.4 Å². The summed E-state index contributed by atoms with van der Waals surface area (Å²) in [5, 5.41) is 3.58. The summed E-state index contributed by atoms with van der Waals surface area (Å²) >= 11 is 13.3. The molecule has 1 heterocycles. The van der Waals surface area contributed by atoms with Crippen LogP contribution in [0.15, 0.2) is 14.8 Å². The second-order valence-electron chi connectivity index (χ2n) is 5.23. The number of carbonyl (C=O) groups is 1. The predicted octanol–water partition coefficient (Wildman–Crippen LogP) is 4.28. The maximum atomic E-state index is 12.4. The van der Waals surface area contributed by atoms with Crippen LogP contribution in [0.2, 0.25) is 10.0 Å². The third-order valence-corrected chi connectivity index (χ3v) is 4.22. The summed E-state index contributed by atoms with van der Waals surface area (Å²) in [4.78, 5) is 12.4. The molecule has 0 bridgehead atoms. The molecule has 0 fully saturated rings. The van der Waals surface area contributed by atoms with E-state index in [1.807, 2.05) is 13.8 Å². The van der Waals surface area contributed by atoms with Gasteiger partial charge in [-0.2, -0.15) is 8.73 Å². The second kappa shape index (κ2) is 6.87. The molecule has 0 aliphatic carbocycles. The zero-order chi connectivity index (χ0) is 15.6. The number of hydrogen-bond donors (Lipinski definition) is 2. The van der Waals surface area contributed by atoms with Crippen LogP contribution in [0, 0.1) is 11.8 Å². The Morgan fingerprint density at radius 1 is 1.33 bits per heavy atom. The standard InChI is InChI=1S/C13H16Cl2N4OS/c1-6(2)3-7(5-16)13(20)17-10-8(14)4-9(15)11-12(10)19-21-18-11/h4,6-7H,3,5,16H2,1-2H3,(H,17,20). The lowest BCUT2D eigenvalue weighted by molar-refractivity contribution is -0.120. The van der Waals surface area contributed by atoms with Crippen molar-refractivity contribution in [1.82, 2.24) is 0 Å². The zero-order valence-electron chi connectivity index (χ0n) is 11.7. The van der Waals surface area contributed by atoms with E-state index in [0.717, 1.165) is 11.4 Å². The van der Waals surface area contributed by atoms with Gasteiger partial charge in [-0.25, -0.2) is 0 Å². The van der Waals surface area contributed by atoms with Gasteiger partial charge in [0.1, 0.15) is 11.4 Å². The number of halogens is 2. The Balaban J connectivity index is 2.26. The molecule has 8 heteroatoms. The number of carbonyl (C=O) groups excluding carboxylic acids is 1. The highest BCUT2D eigenvalue weighted by molar-refractivity contribution is 7.58. The van der Waals surface area contributed by atoms with E-state index in [4.69, 9.17) is 28.9 Å². The fraction of sp³-hybridized carbons (Fsp3) is 0.462. The number of fused-ring (bicyclic) bond motifs is 1. The van der Waals surface area contributed by atoms with Crippen LogP contribution in [-0.4, -0.2) is 12.5 Å². The second-order valence-corrected chi connectivity index (χ2v) is 6.57. The molecule has 0 spiro atoms. The Morgan fingerprint density at radius 3 is 2.62 bits per heavy atom. The molecule has 3 N–H and O–H groups in total. The minimum Gasteiger partial charge on any atom is -0.330 e. The van der Waals surface area contributed by atoms with Crippen LogP contribution in [0.4, 0.5) is 17.1 Å². The molecule has 0 saturated carbocycles. The van der Waals surface area contributed by atoms with Gasteiger partial charge in [-0.3, -0.25) is 4.79 Å². The Labute approximate surface area is 137 Å². The first-order valence-electron chi connectivity index (χ1n) is 6.55. The molecule has 2 rings (SSSR count). The lowest BCUT2D eigenvalue weighted by atomic mass is 9.96. The van der Waals surface area contributed by atoms with Crippen LogP contribution >= 0.6 is 23.2 Å². The number of nitrogens with one attached hydrogen (secondary N) is 1. The topological polar surface area (TPSA) is 79.8 Å². The maximum Gasteiger partial charge on any atom is 0.228 e. The van der Waals surface area contributed by atoms with Gasteiger partial charge in [0, 0.05) is 6.54 Å². The van der Waals surface area contributed by atoms with E-state index < -0.39 is 0 Å². The monoisotopic (exact) mass is 346 g/mol. The van der Waals surface area contributed by atoms with Crippen molar-refractivity contribution < 1.29 is 4.79 Å². The van der Waals surface area contributed by atoms with Gasteiger partial charge in [0.25, 0.3) is 0 Å². The Hall–Kier alpha value is -0.950. The smallest absolute Gasteiger partial charge is 0.228 e. The van der Waals surface area contributed by atoms with Gasteiger partial charge in [-0.05, 0) is 18.4 Å². The highest BCUT2D eigenvalue weighted by atomic mass is 35.5. The van der Waals surface area contributed by atoms with Crippen LogP contribution < -0.4 is 11.1 Å². The van der Waals surface area contributed by atoms with Crippen LogP contribution in [0.3, 0.4) is 0 Å². The Morgan fingerprint density at radius 2 is 2.00 bits per heavy atom. The predicted molar refractivity (Wildman–Crippen MR) is 88.6 cm³/mol. The average molecular weight is 347 g/mol. The van der Waals surface area contributed by atoms with E-state index in [9.17, 15) is 4.79 Å². The van der Waals surface area contributed by atoms with Crippen molar-refractivity contribution in [3.8, 4) is 0 Å². The number of rotatable bonds is 5. The molecule has 1 amide bonds. The van der Waals surface area contributed by atoms with Crippen LogP contribution in [0.25, 0.3) is 0 Å². The van der Waals surface area contributed by atoms with Gasteiger partial charge in [0.2, 0.25) is 5.91 Å². The molecule has 1 atom stereocenters. The highest BCUT2D eigenvalue weighted by Gasteiger charge is 2.24. The Kier molecular flexibility index (Phi) is 5.37. The first-order valence-corrected chi connectivity index (χ1v) is 8.03. The molecule has 0 aromatic heterocycles. The summed E-state index contributed by atoms with van der Waals surface area (Å²) < 4.78 is 8.26. The third kappa shape index (κ3) is 3.63. The first kappa shape index (κ1) is 16.4. The minimum atomic E-state index is -0.265. The fourth-order valence-corrected chi connectivity index (χ4v) is 3.26. The number of nitrogens with zero attached hydrogens (tertiary/aromatic N) is 2. The summed E-state index contributed by atoms with van der Waals surface area (Å²) in [7, 11) is 0. The molecule has 1 aromatic rings. The summed E-state index contributed by atoms with van der Waals surface area (Å²) in [6.07, 6.45) is 0.714. The van der Waals surface area contributed by atoms with Crippen molar-refractivity contribution in [2.24, 2.45) is 26.3 Å². The third-order valence-electron chi connectivity index (χ3n) is 3.10. The van der Waals surface area contributed by atoms with E-state index in [2.05, 4.69) is 14.0 Å². The van der Waals surface area contributed by atoms with Crippen molar-refractivity contribution >= 4 is 57.5 Å². The molecule has 1 aliphatic heterocycles. The lowest BCUT2D eigenvalue weighted by Gasteiger charge is -2.18. The average Bonchev–Trinajstić information content (AvgIpc) is 2.90. The van der Waals surface area contributed by atoms with Gasteiger partial charge in [0.05, 0.1) is 33.0 Å². The largest absolute Gasteiger partial charge is 0.330 e. The SMILES string of the molecule is CC(C)CC(CN)C(=O)Nc1c(Cl)cc(Cl)c2c1N=S=N2. The van der Waals surface area contributed by atoms with Crippen LogP contribution in [0.5, 0.6) is 0 Å². The van der Waals surface area contributed by atoms with Gasteiger partial charge in [-0.1, -0.05) is 37.0 Å². The number of benzene rings is 1. The molecule has 114 valence electrons. The van der Waals surface area contributed by atoms with Crippen molar-refractivity contribution in [2.75, 3.05) is 11.9 Å². The highest BCUT2D eigenvalue weighted by Crippen LogP contribution is 2.47. The van der Waals surface area contributed by atoms with Gasteiger partial charge in [0.15, 0.2) is 0 Å². The number of amides is 1. The number of nitrogens with two attached hydrogens (primary N) is 1. The summed E-state index contributed by atoms with van der Waals surface area (Å²) in [6.45, 7) is 4.38. The molecule has 1 unspecified atom stereocenters. The van der Waals surface area contributed by atoms with Gasteiger partial charge < -0.3 is 11.1 Å². The Bertz CT molecular complexity index is 642. The molecule has 0 radical (unpaired) electrons. The zero-order valence-corrected chi connectivity index (χ0v) is 14.0. The summed E-state index contributed by atoms with van der Waals surface area (Å²) in [5.41, 5.74) is 7.17. The molecule has 5 nitrogen and oxygen atoms in total.